The van der Waals surface area contributed by atoms with Crippen molar-refractivity contribution in [2.75, 3.05) is 14.2 Å². The number of benzene rings is 3. The third-order valence-electron chi connectivity index (χ3n) is 4.72. The molecule has 0 spiro atoms. The minimum atomic E-state index is -1.10. The first-order chi connectivity index (χ1) is 15.5. The largest absolute Gasteiger partial charge is 0.496 e. The summed E-state index contributed by atoms with van der Waals surface area (Å²) in [5.74, 6) is 0.454. The van der Waals surface area contributed by atoms with Gasteiger partial charge < -0.3 is 14.6 Å². The quantitative estimate of drug-likeness (QED) is 0.273. The molecule has 0 aliphatic carbocycles. The molecule has 9 heteroatoms. The highest BCUT2D eigenvalue weighted by atomic mass is 35.5. The summed E-state index contributed by atoms with van der Waals surface area (Å²) >= 11 is 7.03. The van der Waals surface area contributed by atoms with Crippen molar-refractivity contribution < 1.29 is 19.4 Å². The lowest BCUT2D eigenvalue weighted by molar-refractivity contribution is -0.131. The predicted molar refractivity (Wildman–Crippen MR) is 125 cm³/mol. The summed E-state index contributed by atoms with van der Waals surface area (Å²) in [6, 6.07) is 16.6. The van der Waals surface area contributed by atoms with Crippen LogP contribution in [0.2, 0.25) is 5.02 Å². The third-order valence-corrected chi connectivity index (χ3v) is 5.83. The van der Waals surface area contributed by atoms with Crippen molar-refractivity contribution in [2.24, 2.45) is 0 Å². The zero-order chi connectivity index (χ0) is 22.7. The molecule has 162 valence electrons. The Morgan fingerprint density at radius 3 is 2.59 bits per heavy atom. The predicted octanol–water partition coefficient (Wildman–Crippen LogP) is 5.51. The number of carboxylic acid groups (broad SMARTS) is 1. The molecule has 0 amide bonds. The normalized spacial score (nSPS) is 11.5. The van der Waals surface area contributed by atoms with Crippen LogP contribution in [0, 0.1) is 0 Å². The summed E-state index contributed by atoms with van der Waals surface area (Å²) in [5.41, 5.74) is 1.29. The van der Waals surface area contributed by atoms with E-state index in [0.29, 0.717) is 33.5 Å². The molecule has 3 aromatic carbocycles. The van der Waals surface area contributed by atoms with E-state index >= 15 is 0 Å². The summed E-state index contributed by atoms with van der Waals surface area (Å²) in [6.07, 6.45) is 1.57. The molecule has 0 aliphatic heterocycles. The maximum Gasteiger partial charge on any atom is 0.342 e. The second-order valence-electron chi connectivity index (χ2n) is 6.63. The molecule has 4 rings (SSSR count). The SMILES string of the molecule is COc1ccc(Cl)cc1-c1nc(S/C(=C\c2c(OC)ccc3ccccc23)C(=O)O)n[nH]1. The molecule has 0 bridgehead atoms. The van der Waals surface area contributed by atoms with Gasteiger partial charge in [-0.05, 0) is 52.9 Å². The lowest BCUT2D eigenvalue weighted by Gasteiger charge is -2.10. The van der Waals surface area contributed by atoms with Crippen molar-refractivity contribution in [3.8, 4) is 22.9 Å². The molecule has 0 saturated carbocycles. The zero-order valence-electron chi connectivity index (χ0n) is 17.1. The number of ether oxygens (including phenoxy) is 2. The van der Waals surface area contributed by atoms with Crippen LogP contribution in [0.5, 0.6) is 11.5 Å². The molecule has 0 fully saturated rings. The van der Waals surface area contributed by atoms with Crippen molar-refractivity contribution in [3.63, 3.8) is 0 Å². The van der Waals surface area contributed by atoms with E-state index in [2.05, 4.69) is 15.2 Å². The first-order valence-electron chi connectivity index (χ1n) is 9.45. The molecular weight excluding hydrogens is 450 g/mol. The standard InChI is InChI=1S/C23H18ClN3O4S/c1-30-18-9-7-13-5-3-4-6-15(13)16(18)12-20(22(28)29)32-23-25-21(26-27-23)17-11-14(24)8-10-19(17)31-2/h3-12H,1-2H3,(H,28,29)(H,25,26,27)/b20-12-. The van der Waals surface area contributed by atoms with Gasteiger partial charge in [0.05, 0.1) is 19.8 Å². The van der Waals surface area contributed by atoms with E-state index in [0.717, 1.165) is 22.5 Å². The summed E-state index contributed by atoms with van der Waals surface area (Å²) in [6.45, 7) is 0. The monoisotopic (exact) mass is 467 g/mol. The molecular formula is C23H18ClN3O4S. The van der Waals surface area contributed by atoms with E-state index in [-0.39, 0.29) is 10.1 Å². The van der Waals surface area contributed by atoms with Crippen LogP contribution in [0.1, 0.15) is 5.56 Å². The number of aromatic amines is 1. The highest BCUT2D eigenvalue weighted by Crippen LogP contribution is 2.35. The molecule has 0 unspecified atom stereocenters. The number of rotatable bonds is 7. The van der Waals surface area contributed by atoms with Gasteiger partial charge in [0.15, 0.2) is 5.82 Å². The van der Waals surface area contributed by atoms with Gasteiger partial charge >= 0.3 is 5.97 Å². The molecule has 2 N–H and O–H groups in total. The average molecular weight is 468 g/mol. The molecule has 1 heterocycles. The number of nitrogens with one attached hydrogen (secondary N) is 1. The van der Waals surface area contributed by atoms with Gasteiger partial charge in [-0.3, -0.25) is 5.10 Å². The number of H-pyrrole nitrogens is 1. The maximum absolute atomic E-state index is 12.0. The summed E-state index contributed by atoms with van der Waals surface area (Å²) < 4.78 is 10.8. The van der Waals surface area contributed by atoms with Gasteiger partial charge in [-0.2, -0.15) is 0 Å². The number of thioether (sulfide) groups is 1. The summed E-state index contributed by atoms with van der Waals surface area (Å²) in [4.78, 5) is 16.5. The van der Waals surface area contributed by atoms with Crippen molar-refractivity contribution in [3.05, 3.63) is 70.1 Å². The molecule has 0 saturated heterocycles. The molecule has 1 aromatic heterocycles. The van der Waals surface area contributed by atoms with Crippen LogP contribution in [0.25, 0.3) is 28.2 Å². The Morgan fingerprint density at radius 1 is 1.09 bits per heavy atom. The number of aliphatic carboxylic acids is 1. The Balaban J connectivity index is 1.73. The number of methoxy groups -OCH3 is 2. The van der Waals surface area contributed by atoms with Crippen molar-refractivity contribution in [1.82, 2.24) is 15.2 Å². The Morgan fingerprint density at radius 2 is 1.84 bits per heavy atom. The average Bonchev–Trinajstić information content (AvgIpc) is 3.27. The highest BCUT2D eigenvalue weighted by Gasteiger charge is 2.18. The van der Waals surface area contributed by atoms with Crippen molar-refractivity contribution in [2.45, 2.75) is 5.16 Å². The van der Waals surface area contributed by atoms with Crippen LogP contribution in [0.4, 0.5) is 0 Å². The number of nitrogens with zero attached hydrogens (tertiary/aromatic N) is 2. The fourth-order valence-corrected chi connectivity index (χ4v) is 4.11. The van der Waals surface area contributed by atoms with E-state index in [4.69, 9.17) is 21.1 Å². The first kappa shape index (κ1) is 21.7. The minimum Gasteiger partial charge on any atom is -0.496 e. The number of carbonyl (C=O) groups is 1. The molecule has 0 radical (unpaired) electrons. The molecule has 4 aromatic rings. The highest BCUT2D eigenvalue weighted by molar-refractivity contribution is 8.04. The van der Waals surface area contributed by atoms with Gasteiger partial charge in [0.25, 0.3) is 0 Å². The topological polar surface area (TPSA) is 97.3 Å². The van der Waals surface area contributed by atoms with E-state index < -0.39 is 5.97 Å². The van der Waals surface area contributed by atoms with Gasteiger partial charge in [0.2, 0.25) is 5.16 Å². The lowest BCUT2D eigenvalue weighted by atomic mass is 10.0. The fourth-order valence-electron chi connectivity index (χ4n) is 3.24. The van der Waals surface area contributed by atoms with Gasteiger partial charge in [0.1, 0.15) is 16.4 Å². The van der Waals surface area contributed by atoms with E-state index in [1.165, 1.54) is 0 Å². The second kappa shape index (κ2) is 9.33. The Hall–Kier alpha value is -3.49. The summed E-state index contributed by atoms with van der Waals surface area (Å²) in [5, 5.41) is 19.4. The zero-order valence-corrected chi connectivity index (χ0v) is 18.7. The number of aromatic nitrogens is 3. The second-order valence-corrected chi connectivity index (χ2v) is 8.08. The van der Waals surface area contributed by atoms with Crippen LogP contribution >= 0.6 is 23.4 Å². The Kier molecular flexibility index (Phi) is 6.34. The molecule has 0 aliphatic rings. The molecule has 0 atom stereocenters. The Bertz CT molecular complexity index is 1340. The van der Waals surface area contributed by atoms with Crippen LogP contribution in [-0.4, -0.2) is 40.5 Å². The Labute approximate surface area is 193 Å². The van der Waals surface area contributed by atoms with Crippen LogP contribution in [-0.2, 0) is 4.79 Å². The van der Waals surface area contributed by atoms with E-state index in [1.807, 2.05) is 36.4 Å². The number of fused-ring (bicyclic) bond motifs is 1. The van der Waals surface area contributed by atoms with Gasteiger partial charge in [0, 0.05) is 10.6 Å². The van der Waals surface area contributed by atoms with Crippen molar-refractivity contribution in [1.29, 1.82) is 0 Å². The minimum absolute atomic E-state index is 0.0447. The fraction of sp³-hybridized carbons (Fsp3) is 0.0870. The lowest BCUT2D eigenvalue weighted by Crippen LogP contribution is -1.98. The van der Waals surface area contributed by atoms with Gasteiger partial charge in [-0.25, -0.2) is 9.78 Å². The molecule has 32 heavy (non-hydrogen) atoms. The number of hydrogen-bond acceptors (Lipinski definition) is 6. The maximum atomic E-state index is 12.0. The van der Waals surface area contributed by atoms with E-state index in [9.17, 15) is 9.90 Å². The van der Waals surface area contributed by atoms with Crippen LogP contribution < -0.4 is 9.47 Å². The number of halogens is 1. The third kappa shape index (κ3) is 4.42. The number of hydrogen-bond donors (Lipinski definition) is 2. The van der Waals surface area contributed by atoms with Crippen LogP contribution in [0.3, 0.4) is 0 Å². The van der Waals surface area contributed by atoms with Gasteiger partial charge in [-0.1, -0.05) is 41.9 Å². The summed E-state index contributed by atoms with van der Waals surface area (Å²) in [7, 11) is 3.09. The number of carboxylic acids is 1. The van der Waals surface area contributed by atoms with E-state index in [1.54, 1.807) is 38.5 Å². The van der Waals surface area contributed by atoms with Crippen LogP contribution in [0.15, 0.2) is 64.7 Å². The first-order valence-corrected chi connectivity index (χ1v) is 10.6. The molecule has 7 nitrogen and oxygen atoms in total. The van der Waals surface area contributed by atoms with Gasteiger partial charge in [-0.15, -0.1) is 5.10 Å². The smallest absolute Gasteiger partial charge is 0.342 e. The van der Waals surface area contributed by atoms with Crippen molar-refractivity contribution >= 4 is 46.2 Å².